The molecule has 2 rings (SSSR count). The van der Waals surface area contributed by atoms with Crippen LogP contribution in [-0.4, -0.2) is 9.97 Å². The number of thiazole rings is 2. The summed E-state index contributed by atoms with van der Waals surface area (Å²) in [4.78, 5) is 7.23. The molecule has 0 fully saturated rings. The predicted octanol–water partition coefficient (Wildman–Crippen LogP) is 1.88. The standard InChI is InChI=1S/2C3H2NS.Cu/c2*1-2-5-3-4-1;/h2*1-2H;/q2*-1;+2. The minimum absolute atomic E-state index is 0. The molecule has 2 aromatic heterocycles. The Morgan fingerprint density at radius 3 is 1.45 bits per heavy atom. The molecule has 0 amide bonds. The van der Waals surface area contributed by atoms with Crippen molar-refractivity contribution in [3.05, 3.63) is 34.2 Å². The first-order chi connectivity index (χ1) is 5.00. The van der Waals surface area contributed by atoms with Gasteiger partial charge in [-0.15, -0.1) is 23.2 Å². The first kappa shape index (κ1) is 10.8. The minimum Gasteiger partial charge on any atom is -0.394 e. The molecule has 11 heavy (non-hydrogen) atoms. The number of aromatic nitrogens is 2. The Morgan fingerprint density at radius 2 is 1.36 bits per heavy atom. The summed E-state index contributed by atoms with van der Waals surface area (Å²) in [6.07, 6.45) is 3.43. The largest absolute Gasteiger partial charge is 2.00 e. The molecular formula is C6H4CuN2S2. The maximum Gasteiger partial charge on any atom is 2.00 e. The Balaban J connectivity index is 0.000000167. The van der Waals surface area contributed by atoms with E-state index in [9.17, 15) is 0 Å². The van der Waals surface area contributed by atoms with Crippen LogP contribution in [0.4, 0.5) is 0 Å². The average molecular weight is 232 g/mol. The minimum atomic E-state index is 0. The molecule has 1 radical (unpaired) electrons. The van der Waals surface area contributed by atoms with E-state index in [0.29, 0.717) is 0 Å². The number of hydrogen-bond acceptors (Lipinski definition) is 4. The molecule has 0 atom stereocenters. The van der Waals surface area contributed by atoms with Gasteiger partial charge in [-0.1, -0.05) is 0 Å². The zero-order chi connectivity index (χ0) is 7.07. The van der Waals surface area contributed by atoms with Gasteiger partial charge in [-0.3, -0.25) is 22.7 Å². The van der Waals surface area contributed by atoms with Gasteiger partial charge in [0.15, 0.2) is 0 Å². The quantitative estimate of drug-likeness (QED) is 0.511. The Hall–Kier alpha value is -0.221. The third-order valence-electron chi connectivity index (χ3n) is 0.618. The molecular weight excluding hydrogens is 228 g/mol. The van der Waals surface area contributed by atoms with E-state index in [0.717, 1.165) is 0 Å². The van der Waals surface area contributed by atoms with E-state index in [4.69, 9.17) is 0 Å². The second kappa shape index (κ2) is 7.88. The molecule has 0 aliphatic rings. The predicted molar refractivity (Wildman–Crippen MR) is 41.9 cm³/mol. The Bertz CT molecular complexity index is 158. The van der Waals surface area contributed by atoms with Gasteiger partial charge >= 0.3 is 17.1 Å². The maximum absolute atomic E-state index is 3.62. The Kier molecular flexibility index (Phi) is 7.72. The SMILES string of the molecule is [Cu+2].[c-]1nccs1.[c-]1nccs1. The van der Waals surface area contributed by atoms with E-state index in [1.165, 1.54) is 22.7 Å². The van der Waals surface area contributed by atoms with Gasteiger partial charge < -0.3 is 9.97 Å². The van der Waals surface area contributed by atoms with Crippen LogP contribution < -0.4 is 0 Å². The van der Waals surface area contributed by atoms with E-state index >= 15 is 0 Å². The zero-order valence-electron chi connectivity index (χ0n) is 5.32. The van der Waals surface area contributed by atoms with Crippen LogP contribution in [0.1, 0.15) is 0 Å². The van der Waals surface area contributed by atoms with Crippen LogP contribution in [0.3, 0.4) is 0 Å². The van der Waals surface area contributed by atoms with Crippen molar-refractivity contribution < 1.29 is 17.1 Å². The average Bonchev–Trinajstić information content (AvgIpc) is 2.67. The summed E-state index contributed by atoms with van der Waals surface area (Å²) >= 11 is 2.95. The smallest absolute Gasteiger partial charge is 0.394 e. The summed E-state index contributed by atoms with van der Waals surface area (Å²) < 4.78 is 0. The third kappa shape index (κ3) is 6.19. The molecule has 0 spiro atoms. The monoisotopic (exact) mass is 231 g/mol. The molecule has 0 aromatic carbocycles. The maximum atomic E-state index is 3.62. The van der Waals surface area contributed by atoms with Gasteiger partial charge in [-0.05, 0) is 11.0 Å². The topological polar surface area (TPSA) is 25.8 Å². The van der Waals surface area contributed by atoms with Crippen molar-refractivity contribution in [1.29, 1.82) is 0 Å². The van der Waals surface area contributed by atoms with Gasteiger partial charge in [0.25, 0.3) is 0 Å². The van der Waals surface area contributed by atoms with Crippen molar-refractivity contribution in [2.24, 2.45) is 0 Å². The second-order valence-electron chi connectivity index (χ2n) is 1.25. The molecule has 2 aromatic rings. The molecule has 2 heterocycles. The van der Waals surface area contributed by atoms with E-state index in [1.807, 2.05) is 10.8 Å². The van der Waals surface area contributed by atoms with Crippen LogP contribution in [0.25, 0.3) is 0 Å². The van der Waals surface area contributed by atoms with Crippen LogP contribution in [0, 0.1) is 11.0 Å². The van der Waals surface area contributed by atoms with E-state index < -0.39 is 0 Å². The van der Waals surface area contributed by atoms with Gasteiger partial charge in [0, 0.05) is 0 Å². The van der Waals surface area contributed by atoms with Crippen molar-refractivity contribution in [3.8, 4) is 0 Å². The van der Waals surface area contributed by atoms with Crippen molar-refractivity contribution in [1.82, 2.24) is 9.97 Å². The third-order valence-corrected chi connectivity index (χ3v) is 1.55. The molecule has 5 heteroatoms. The van der Waals surface area contributed by atoms with Crippen LogP contribution in [0.5, 0.6) is 0 Å². The normalized spacial score (nSPS) is 7.27. The summed E-state index contributed by atoms with van der Waals surface area (Å²) in [6.45, 7) is 0. The molecule has 2 nitrogen and oxygen atoms in total. The van der Waals surface area contributed by atoms with Gasteiger partial charge in [0.1, 0.15) is 0 Å². The van der Waals surface area contributed by atoms with Gasteiger partial charge in [0.2, 0.25) is 0 Å². The van der Waals surface area contributed by atoms with Crippen LogP contribution in [0.15, 0.2) is 23.2 Å². The van der Waals surface area contributed by atoms with Crippen molar-refractivity contribution in [3.63, 3.8) is 0 Å². The summed E-state index contributed by atoms with van der Waals surface area (Å²) in [6, 6.07) is 0. The van der Waals surface area contributed by atoms with Crippen LogP contribution in [0.2, 0.25) is 0 Å². The van der Waals surface area contributed by atoms with E-state index in [1.54, 1.807) is 12.4 Å². The molecule has 0 N–H and O–H groups in total. The summed E-state index contributed by atoms with van der Waals surface area (Å²) in [5.41, 5.74) is 5.31. The van der Waals surface area contributed by atoms with Gasteiger partial charge in [0.05, 0.1) is 0 Å². The fourth-order valence-corrected chi connectivity index (χ4v) is 0.913. The van der Waals surface area contributed by atoms with Gasteiger partial charge in [-0.2, -0.15) is 0 Å². The van der Waals surface area contributed by atoms with Crippen LogP contribution >= 0.6 is 22.7 Å². The van der Waals surface area contributed by atoms with Gasteiger partial charge in [-0.25, -0.2) is 0 Å². The summed E-state index contributed by atoms with van der Waals surface area (Å²) in [5, 5.41) is 3.75. The van der Waals surface area contributed by atoms with Crippen molar-refractivity contribution >= 4 is 22.7 Å². The summed E-state index contributed by atoms with van der Waals surface area (Å²) in [7, 11) is 0. The molecule has 0 saturated heterocycles. The van der Waals surface area contributed by atoms with Crippen molar-refractivity contribution in [2.75, 3.05) is 0 Å². The van der Waals surface area contributed by atoms with Crippen molar-refractivity contribution in [2.45, 2.75) is 0 Å². The van der Waals surface area contributed by atoms with E-state index in [2.05, 4.69) is 21.0 Å². The van der Waals surface area contributed by atoms with E-state index in [-0.39, 0.29) is 17.1 Å². The molecule has 0 unspecified atom stereocenters. The molecule has 61 valence electrons. The summed E-state index contributed by atoms with van der Waals surface area (Å²) in [5.74, 6) is 0. The Labute approximate surface area is 83.8 Å². The fraction of sp³-hybridized carbons (Fsp3) is 0. The first-order valence-corrected chi connectivity index (χ1v) is 4.27. The number of hydrogen-bond donors (Lipinski definition) is 0. The number of rotatable bonds is 0. The van der Waals surface area contributed by atoms with Crippen LogP contribution in [-0.2, 0) is 17.1 Å². The molecule has 0 bridgehead atoms. The fourth-order valence-electron chi connectivity index (χ4n) is 0.304. The number of nitrogens with zero attached hydrogens (tertiary/aromatic N) is 2. The molecule has 0 aliphatic heterocycles. The molecule has 0 saturated carbocycles. The Morgan fingerprint density at radius 1 is 0.909 bits per heavy atom. The zero-order valence-corrected chi connectivity index (χ0v) is 7.90. The first-order valence-electron chi connectivity index (χ1n) is 2.51. The second-order valence-corrected chi connectivity index (χ2v) is 2.63. The molecule has 0 aliphatic carbocycles.